The molecule has 43 heteroatoms. The number of benzene rings is 4. The summed E-state index contributed by atoms with van der Waals surface area (Å²) in [6.45, 7) is 9.01. The number of phenols is 1. The zero-order valence-corrected chi connectivity index (χ0v) is 80.2. The predicted octanol–water partition coefficient (Wildman–Crippen LogP) is 3.31. The Balaban J connectivity index is 0.764. The van der Waals surface area contributed by atoms with Gasteiger partial charge in [0.05, 0.1) is 43.6 Å². The van der Waals surface area contributed by atoms with Crippen LogP contribution >= 0.6 is 54.8 Å². The summed E-state index contributed by atoms with van der Waals surface area (Å²) in [5.41, 5.74) is 14.3. The molecule has 18 atom stereocenters. The molecule has 6 aromatic rings. The van der Waals surface area contributed by atoms with Gasteiger partial charge < -0.3 is 123 Å². The predicted molar refractivity (Wildman–Crippen MR) is 510 cm³/mol. The number of nitrogens with zero attached hydrogens (tertiary/aromatic N) is 2. The number of para-hydroxylation sites is 2. The van der Waals surface area contributed by atoms with Crippen LogP contribution < -0.4 is 74.3 Å². The number of aromatic amines is 2. The Labute approximate surface area is 796 Å². The van der Waals surface area contributed by atoms with Crippen LogP contribution in [0.1, 0.15) is 109 Å². The molecular weight excluding hydrogens is 1830 g/mol. The summed E-state index contributed by atoms with van der Waals surface area (Å²) >= 11 is 6.87. The van der Waals surface area contributed by atoms with Crippen molar-refractivity contribution in [2.45, 2.75) is 214 Å². The number of methoxy groups -OCH3 is 2. The summed E-state index contributed by atoms with van der Waals surface area (Å²) in [6, 6.07) is 10.2. The van der Waals surface area contributed by atoms with Crippen LogP contribution in [0.5, 0.6) is 11.5 Å². The van der Waals surface area contributed by atoms with E-state index in [2.05, 4.69) is 63.1 Å². The number of unbranched alkanes of at least 4 members (excludes halogenated alkanes) is 1. The van der Waals surface area contributed by atoms with Gasteiger partial charge in [-0.1, -0.05) is 134 Å². The summed E-state index contributed by atoms with van der Waals surface area (Å²) in [7, 11) is 10.2. The summed E-state index contributed by atoms with van der Waals surface area (Å²) in [5, 5.41) is 72.7. The monoisotopic (exact) mass is 1950 g/mol. The van der Waals surface area contributed by atoms with Crippen molar-refractivity contribution in [1.29, 1.82) is 0 Å². The number of nitrogens with one attached hydrogen (secondary N) is 12. The average Bonchev–Trinajstić information content (AvgIpc) is 1.55. The van der Waals surface area contributed by atoms with E-state index in [1.807, 2.05) is 43.3 Å². The quantitative estimate of drug-likeness (QED) is 0.0125. The van der Waals surface area contributed by atoms with Gasteiger partial charge in [-0.15, -0.1) is 0 Å². The number of allylic oxidation sites excluding steroid dienone is 3. The molecule has 6 heterocycles. The molecule has 0 radical (unpaired) electrons. The maximum absolute atomic E-state index is 15.1. The smallest absolute Gasteiger partial charge is 0.409 e. The number of H-pyrrole nitrogens is 2. The molecule has 20 N–H and O–H groups in total. The Kier molecular flexibility index (Phi) is 38.7. The number of aliphatic hydroxyl groups excluding tert-OH is 2. The second-order valence-corrected chi connectivity index (χ2v) is 39.5. The minimum absolute atomic E-state index is 0.00860. The van der Waals surface area contributed by atoms with Crippen LogP contribution in [0.3, 0.4) is 0 Å². The third kappa shape index (κ3) is 28.5. The number of ether oxygens (including phenoxy) is 5. The van der Waals surface area contributed by atoms with E-state index in [0.717, 1.165) is 43.6 Å². The van der Waals surface area contributed by atoms with Crippen molar-refractivity contribution in [1.82, 2.24) is 68.0 Å². The molecular formula is C91H121ClN16O22S4. The lowest BCUT2D eigenvalue weighted by molar-refractivity contribution is -0.162. The number of aromatic nitrogens is 2. The highest BCUT2D eigenvalue weighted by Gasteiger charge is 2.65. The molecule has 134 heavy (non-hydrogen) atoms. The second-order valence-electron chi connectivity index (χ2n) is 33.9. The number of epoxide rings is 1. The molecule has 4 aliphatic rings. The molecule has 7 unspecified atom stereocenters. The minimum atomic E-state index is -1.93. The van der Waals surface area contributed by atoms with Crippen LogP contribution in [0.2, 0.25) is 5.02 Å². The number of rotatable bonds is 32. The number of nitrogens with two attached hydrogens (primary N) is 2. The van der Waals surface area contributed by atoms with Crippen LogP contribution in [0, 0.1) is 5.92 Å². The van der Waals surface area contributed by atoms with Crippen LogP contribution in [-0.2, 0) is 102 Å². The zero-order valence-electron chi connectivity index (χ0n) is 76.1. The number of hydrogen-bond acceptors (Lipinski definition) is 28. The molecule has 0 spiro atoms. The Morgan fingerprint density at radius 1 is 0.776 bits per heavy atom. The number of likely N-dealkylation sites (N-methyl/N-ethyl adjacent to an activating group) is 1. The van der Waals surface area contributed by atoms with Gasteiger partial charge in [0.2, 0.25) is 65.0 Å². The molecule has 2 aromatic heterocycles. The highest BCUT2D eigenvalue weighted by Crippen LogP contribution is 2.50. The number of aromatic hydroxyl groups is 1. The summed E-state index contributed by atoms with van der Waals surface area (Å²) < 4.78 is 29.6. The Morgan fingerprint density at radius 2 is 1.40 bits per heavy atom. The number of carbonyl (C=O) groups excluding carboxylic acids is 13. The van der Waals surface area contributed by atoms with Gasteiger partial charge in [0.1, 0.15) is 88.8 Å². The van der Waals surface area contributed by atoms with Crippen molar-refractivity contribution >= 4 is 159 Å². The lowest BCUT2D eigenvalue weighted by Gasteiger charge is -2.42. The number of aliphatic hydroxyl groups is 3. The van der Waals surface area contributed by atoms with E-state index >= 15 is 14.4 Å². The zero-order chi connectivity index (χ0) is 97.4. The van der Waals surface area contributed by atoms with Gasteiger partial charge in [-0.2, -0.15) is 0 Å². The highest BCUT2D eigenvalue weighted by molar-refractivity contribution is 8.77. The molecule has 10 rings (SSSR count). The largest absolute Gasteiger partial charge is 0.508 e. The first kappa shape index (κ1) is 105. The summed E-state index contributed by atoms with van der Waals surface area (Å²) in [4.78, 5) is 195. The first-order valence-electron chi connectivity index (χ1n) is 44.0. The molecule has 3 fully saturated rings. The van der Waals surface area contributed by atoms with Crippen molar-refractivity contribution in [3.05, 3.63) is 148 Å². The lowest BCUT2D eigenvalue weighted by Crippen LogP contribution is -2.63. The van der Waals surface area contributed by atoms with Crippen LogP contribution in [0.25, 0.3) is 21.8 Å². The number of anilines is 1. The second kappa shape index (κ2) is 49.2. The number of fused-ring (bicyclic) bond motifs is 7. The third-order valence-corrected chi connectivity index (χ3v) is 29.1. The van der Waals surface area contributed by atoms with Crippen molar-refractivity contribution in [2.24, 2.45) is 17.4 Å². The summed E-state index contributed by atoms with van der Waals surface area (Å²) in [6.07, 6.45) is 0.124. The molecule has 12 amide bonds. The molecule has 3 saturated heterocycles. The fourth-order valence-corrected chi connectivity index (χ4v) is 20.4. The number of hydrogen-bond donors (Lipinski definition) is 18. The van der Waals surface area contributed by atoms with Gasteiger partial charge in [-0.25, -0.2) is 9.59 Å². The van der Waals surface area contributed by atoms with Crippen LogP contribution in [0.4, 0.5) is 10.5 Å². The number of alkyl carbamates (subject to hydrolysis) is 1. The van der Waals surface area contributed by atoms with E-state index in [-0.39, 0.29) is 99.0 Å². The van der Waals surface area contributed by atoms with E-state index in [1.54, 1.807) is 68.7 Å². The normalized spacial score (nSPS) is 25.4. The van der Waals surface area contributed by atoms with Gasteiger partial charge in [-0.3, -0.25) is 58.1 Å². The molecule has 4 aliphatic heterocycles. The number of carbonyl (C=O) groups is 13. The third-order valence-electron chi connectivity index (χ3n) is 23.9. The first-order chi connectivity index (χ1) is 63.8. The maximum atomic E-state index is 15.1. The van der Waals surface area contributed by atoms with E-state index in [4.69, 9.17) is 46.8 Å². The van der Waals surface area contributed by atoms with Gasteiger partial charge in [0, 0.05) is 130 Å². The SMILES string of the molecule is COc1cc2cc(c1Cl)N(C)C(=O)C[C@H](OC(=O)C(C)N(C)C(=O)CCSSCCC(=O)NCCNC(=O)[C@@H](NC(=O)[C@@H]1CSSC[C@H](NC(=O)C(N)Cc3c[nH]c4ccccc34)C(=O)N[C@@H](Cc3ccc(O)cc3)C(=O)N[C@H](Cc3c[nH]c4ccccc34)C(=O)NC(CCCCN)C(=O)NC(C(C)O)C(=O)N1)C(C)O)[C@]1(C)O[C@H]1[C@H](C)[C@@H]1CC(O)(NC(=O)O1)[C@H](OC)/C=C/C=C(\C)C2. The summed E-state index contributed by atoms with van der Waals surface area (Å²) in [5.74, 6) is -10.4. The lowest BCUT2D eigenvalue weighted by atomic mass is 9.83. The maximum Gasteiger partial charge on any atom is 0.409 e. The van der Waals surface area contributed by atoms with E-state index in [9.17, 15) is 68.4 Å². The number of esters is 1. The molecule has 0 aliphatic carbocycles. The Bertz CT molecular complexity index is 5240. The van der Waals surface area contributed by atoms with Crippen molar-refractivity contribution in [2.75, 3.05) is 75.9 Å². The topological polar surface area (TPSA) is 563 Å². The minimum Gasteiger partial charge on any atom is -0.508 e. The highest BCUT2D eigenvalue weighted by atomic mass is 35.5. The van der Waals surface area contributed by atoms with Gasteiger partial charge in [0.15, 0.2) is 5.72 Å². The van der Waals surface area contributed by atoms with E-state index in [0.29, 0.717) is 51.9 Å². The molecule has 0 saturated carbocycles. The fourth-order valence-electron chi connectivity index (χ4n) is 15.8. The van der Waals surface area contributed by atoms with Crippen molar-refractivity contribution in [3.63, 3.8) is 0 Å². The van der Waals surface area contributed by atoms with Crippen molar-refractivity contribution < 1.29 is 106 Å². The number of phenolic OH excluding ortho intramolecular Hbond substituents is 1. The standard InChI is InChI=1S/C91H121ClN16O22S4/c1-48-18-17-24-71(127-10)91(125)43-70(128-89(124)106-91)49(2)79-90(6,130-79)72(42-75(114)108(8)68-38-54(36-48)39-69(126-9)76(68)92)129-88(123)50(3)107(7)74(113)30-35-132-131-34-29-73(112)95-32-33-96-86(121)77(51(4)109)104-85(120)67-47-134-133-46-66(102-80(115)60(94)40-55-44-97-61-21-13-11-19-58(55)61)84(119)100-64(37-53-25-27-57(111)28-26-53)82(117)101-65(41-56-45-98-62-22-14-12-20-59(56)62)83(118)99-63(23-15-16-31-93)81(116)105-78(52(5)110)87(122)103-67/h11-14,17-22,24-28,38-39,44-45,49-52,60,63-67,70-72,77-79,97-98,109-111,125H,15-16,23,29-37,40-43,46-47,93-94H2,1-10H3,(H,95,112)(H,96,121)(H,99,118)(H,100,119)(H,101,117)(H,102,115)(H,103,122)(H,104,120)(H,105,116)(H,106,124)/b24-17+,48-18+/t49-,50?,51?,52?,60?,63?,64+,65-,66+,67+,70+,71-,72+,77+,78?,79+,90+,91?/m1/s1. The molecule has 4 aromatic carbocycles. The Morgan fingerprint density at radius 3 is 2.07 bits per heavy atom. The van der Waals surface area contributed by atoms with Crippen molar-refractivity contribution in [3.8, 4) is 11.5 Å². The van der Waals surface area contributed by atoms with Gasteiger partial charge in [0.25, 0.3) is 0 Å². The number of amides is 12. The van der Waals surface area contributed by atoms with E-state index < -0.39 is 197 Å². The molecule has 728 valence electrons. The Hall–Kier alpha value is -10.6. The molecule has 4 bridgehead atoms. The van der Waals surface area contributed by atoms with Gasteiger partial charge >= 0.3 is 12.1 Å². The van der Waals surface area contributed by atoms with Crippen LogP contribution in [-0.4, -0.2) is 286 Å². The number of halogens is 1. The van der Waals surface area contributed by atoms with Gasteiger partial charge in [-0.05, 0) is 132 Å². The van der Waals surface area contributed by atoms with Crippen LogP contribution in [0.15, 0.2) is 121 Å². The first-order valence-corrected chi connectivity index (χ1v) is 49.4. The fraction of sp³-hybridized carbons (Fsp3) is 0.505. The van der Waals surface area contributed by atoms with E-state index in [1.165, 1.54) is 105 Å². The molecule has 38 nitrogen and oxygen atoms in total. The average molecular weight is 1950 g/mol.